The van der Waals surface area contributed by atoms with Crippen molar-refractivity contribution >= 4 is 11.6 Å². The van der Waals surface area contributed by atoms with Gasteiger partial charge in [0.2, 0.25) is 5.88 Å². The Balaban J connectivity index is 2.46. The molecular weight excluding hydrogens is 260 g/mol. The van der Waals surface area contributed by atoms with Crippen molar-refractivity contribution in [3.05, 3.63) is 17.0 Å². The van der Waals surface area contributed by atoms with Gasteiger partial charge in [-0.15, -0.1) is 0 Å². The predicted molar refractivity (Wildman–Crippen MR) is 79.9 cm³/mol. The molecule has 0 amide bonds. The summed E-state index contributed by atoms with van der Waals surface area (Å²) in [6, 6.07) is 1.70. The zero-order chi connectivity index (χ0) is 14.1. The molecule has 0 aliphatic rings. The predicted octanol–water partition coefficient (Wildman–Crippen LogP) is 4.82. The third-order valence-electron chi connectivity index (χ3n) is 2.98. The highest BCUT2D eigenvalue weighted by Gasteiger charge is 2.08. The molecule has 1 unspecified atom stereocenters. The highest BCUT2D eigenvalue weighted by Crippen LogP contribution is 2.17. The monoisotopic (exact) mass is 284 g/mol. The van der Waals surface area contributed by atoms with Gasteiger partial charge in [-0.2, -0.15) is 4.98 Å². The van der Waals surface area contributed by atoms with Crippen LogP contribution in [0.25, 0.3) is 0 Å². The fraction of sp³-hybridized carbons (Fsp3) is 0.733. The first-order chi connectivity index (χ1) is 9.15. The zero-order valence-electron chi connectivity index (χ0n) is 12.3. The van der Waals surface area contributed by atoms with Gasteiger partial charge in [-0.1, -0.05) is 44.7 Å². The molecule has 0 bridgehead atoms. The maximum absolute atomic E-state index is 5.98. The van der Waals surface area contributed by atoms with Crippen molar-refractivity contribution in [2.45, 2.75) is 71.8 Å². The minimum Gasteiger partial charge on any atom is -0.475 e. The molecule has 0 aliphatic heterocycles. The standard InChI is InChI=1S/C15H25ClN2O/c1-4-6-7-8-10-12(3)19-15-11-13(16)17-14(18-15)9-5-2/h11-12H,4-10H2,1-3H3. The Morgan fingerprint density at radius 3 is 2.63 bits per heavy atom. The molecule has 0 saturated carbocycles. The van der Waals surface area contributed by atoms with Crippen LogP contribution in [0.15, 0.2) is 6.07 Å². The van der Waals surface area contributed by atoms with Crippen LogP contribution in [0, 0.1) is 0 Å². The maximum atomic E-state index is 5.98. The van der Waals surface area contributed by atoms with E-state index < -0.39 is 0 Å². The van der Waals surface area contributed by atoms with Crippen LogP contribution in [0.2, 0.25) is 5.15 Å². The molecule has 0 aliphatic carbocycles. The summed E-state index contributed by atoms with van der Waals surface area (Å²) in [7, 11) is 0. The zero-order valence-corrected chi connectivity index (χ0v) is 13.0. The third kappa shape index (κ3) is 6.76. The number of ether oxygens (including phenoxy) is 1. The molecule has 1 heterocycles. The molecule has 1 aromatic heterocycles. The van der Waals surface area contributed by atoms with Gasteiger partial charge in [0.05, 0.1) is 6.10 Å². The molecule has 0 aromatic carbocycles. The number of nitrogens with zero attached hydrogens (tertiary/aromatic N) is 2. The Labute approximate surface area is 121 Å². The quantitative estimate of drug-likeness (QED) is 0.482. The summed E-state index contributed by atoms with van der Waals surface area (Å²) in [6.07, 6.45) is 8.12. The normalized spacial score (nSPS) is 12.4. The number of aromatic nitrogens is 2. The minimum absolute atomic E-state index is 0.178. The van der Waals surface area contributed by atoms with Crippen LogP contribution in [0.3, 0.4) is 0 Å². The van der Waals surface area contributed by atoms with Gasteiger partial charge in [0.25, 0.3) is 0 Å². The summed E-state index contributed by atoms with van der Waals surface area (Å²) in [5.41, 5.74) is 0. The average molecular weight is 285 g/mol. The second-order valence-electron chi connectivity index (χ2n) is 4.97. The van der Waals surface area contributed by atoms with E-state index in [-0.39, 0.29) is 6.10 Å². The van der Waals surface area contributed by atoms with E-state index in [0.717, 1.165) is 25.1 Å². The van der Waals surface area contributed by atoms with Crippen LogP contribution < -0.4 is 4.74 Å². The Kier molecular flexibility index (Phi) is 7.80. The molecule has 108 valence electrons. The van der Waals surface area contributed by atoms with E-state index >= 15 is 0 Å². The van der Waals surface area contributed by atoms with Gasteiger partial charge >= 0.3 is 0 Å². The van der Waals surface area contributed by atoms with Crippen molar-refractivity contribution in [2.75, 3.05) is 0 Å². The summed E-state index contributed by atoms with van der Waals surface area (Å²) in [6.45, 7) is 6.40. The summed E-state index contributed by atoms with van der Waals surface area (Å²) in [5, 5.41) is 0.464. The Hall–Kier alpha value is -0.830. The fourth-order valence-corrected chi connectivity index (χ4v) is 2.15. The smallest absolute Gasteiger partial charge is 0.218 e. The van der Waals surface area contributed by atoms with Gasteiger partial charge in [0.15, 0.2) is 0 Å². The molecule has 0 spiro atoms. The molecule has 0 N–H and O–H groups in total. The molecule has 1 rings (SSSR count). The molecule has 1 atom stereocenters. The first kappa shape index (κ1) is 16.2. The molecule has 0 radical (unpaired) electrons. The first-order valence-corrected chi connectivity index (χ1v) is 7.73. The largest absolute Gasteiger partial charge is 0.475 e. The second-order valence-corrected chi connectivity index (χ2v) is 5.36. The van der Waals surface area contributed by atoms with E-state index in [9.17, 15) is 0 Å². The molecule has 1 aromatic rings. The number of halogens is 1. The molecular formula is C15H25ClN2O. The lowest BCUT2D eigenvalue weighted by Crippen LogP contribution is -2.13. The molecule has 3 nitrogen and oxygen atoms in total. The third-order valence-corrected chi connectivity index (χ3v) is 3.17. The van der Waals surface area contributed by atoms with Crippen LogP contribution >= 0.6 is 11.6 Å². The van der Waals surface area contributed by atoms with E-state index in [4.69, 9.17) is 16.3 Å². The summed E-state index contributed by atoms with van der Waals surface area (Å²) >= 11 is 5.98. The highest BCUT2D eigenvalue weighted by molar-refractivity contribution is 6.29. The van der Waals surface area contributed by atoms with Gasteiger partial charge in [-0.25, -0.2) is 4.98 Å². The van der Waals surface area contributed by atoms with E-state index in [1.807, 2.05) is 0 Å². The van der Waals surface area contributed by atoms with Gasteiger partial charge in [0.1, 0.15) is 11.0 Å². The van der Waals surface area contributed by atoms with Gasteiger partial charge in [-0.3, -0.25) is 0 Å². The van der Waals surface area contributed by atoms with E-state index in [1.54, 1.807) is 6.07 Å². The van der Waals surface area contributed by atoms with E-state index in [2.05, 4.69) is 30.7 Å². The topological polar surface area (TPSA) is 35.0 Å². The molecule has 0 fully saturated rings. The van der Waals surface area contributed by atoms with Crippen molar-refractivity contribution in [3.63, 3.8) is 0 Å². The lowest BCUT2D eigenvalue weighted by atomic mass is 10.1. The molecule has 0 saturated heterocycles. The van der Waals surface area contributed by atoms with Crippen molar-refractivity contribution < 1.29 is 4.74 Å². The van der Waals surface area contributed by atoms with Crippen molar-refractivity contribution in [2.24, 2.45) is 0 Å². The SMILES string of the molecule is CCCCCCC(C)Oc1cc(Cl)nc(CCC)n1. The Bertz CT molecular complexity index is 371. The van der Waals surface area contributed by atoms with Crippen molar-refractivity contribution in [3.8, 4) is 5.88 Å². The van der Waals surface area contributed by atoms with Crippen LogP contribution in [0.5, 0.6) is 5.88 Å². The van der Waals surface area contributed by atoms with E-state index in [1.165, 1.54) is 25.7 Å². The first-order valence-electron chi connectivity index (χ1n) is 7.35. The van der Waals surface area contributed by atoms with Gasteiger partial charge < -0.3 is 4.74 Å². The number of rotatable bonds is 9. The minimum atomic E-state index is 0.178. The van der Waals surface area contributed by atoms with Crippen molar-refractivity contribution in [1.82, 2.24) is 9.97 Å². The van der Waals surface area contributed by atoms with Crippen LogP contribution in [-0.2, 0) is 6.42 Å². The van der Waals surface area contributed by atoms with Crippen LogP contribution in [0.1, 0.15) is 65.1 Å². The lowest BCUT2D eigenvalue weighted by molar-refractivity contribution is 0.197. The Morgan fingerprint density at radius 1 is 1.16 bits per heavy atom. The van der Waals surface area contributed by atoms with Gasteiger partial charge in [0, 0.05) is 12.5 Å². The number of hydrogen-bond donors (Lipinski definition) is 0. The fourth-order valence-electron chi connectivity index (χ4n) is 1.96. The molecule has 4 heteroatoms. The number of hydrogen-bond acceptors (Lipinski definition) is 3. The average Bonchev–Trinajstić information content (AvgIpc) is 2.34. The van der Waals surface area contributed by atoms with Crippen LogP contribution in [0.4, 0.5) is 0 Å². The van der Waals surface area contributed by atoms with Crippen LogP contribution in [-0.4, -0.2) is 16.1 Å². The Morgan fingerprint density at radius 2 is 1.95 bits per heavy atom. The lowest BCUT2D eigenvalue weighted by Gasteiger charge is -2.14. The highest BCUT2D eigenvalue weighted by atomic mass is 35.5. The maximum Gasteiger partial charge on any atom is 0.218 e. The van der Waals surface area contributed by atoms with Crippen molar-refractivity contribution in [1.29, 1.82) is 0 Å². The van der Waals surface area contributed by atoms with E-state index in [0.29, 0.717) is 11.0 Å². The second kappa shape index (κ2) is 9.13. The number of unbranched alkanes of at least 4 members (excludes halogenated alkanes) is 3. The van der Waals surface area contributed by atoms with Gasteiger partial charge in [-0.05, 0) is 26.2 Å². The summed E-state index contributed by atoms with van der Waals surface area (Å²) in [4.78, 5) is 8.58. The summed E-state index contributed by atoms with van der Waals surface area (Å²) < 4.78 is 5.83. The summed E-state index contributed by atoms with van der Waals surface area (Å²) in [5.74, 6) is 1.37. The molecule has 19 heavy (non-hydrogen) atoms. The number of aryl methyl sites for hydroxylation is 1.